The van der Waals surface area contributed by atoms with E-state index in [-0.39, 0.29) is 18.2 Å². The number of anilines is 1. The van der Waals surface area contributed by atoms with E-state index in [9.17, 15) is 9.59 Å². The van der Waals surface area contributed by atoms with Crippen LogP contribution in [-0.4, -0.2) is 30.6 Å². The zero-order chi connectivity index (χ0) is 11.0. The van der Waals surface area contributed by atoms with Gasteiger partial charge in [0.05, 0.1) is 11.1 Å². The topological polar surface area (TPSA) is 72.6 Å². The van der Waals surface area contributed by atoms with Crippen LogP contribution >= 0.6 is 0 Å². The minimum absolute atomic E-state index is 0.0498. The summed E-state index contributed by atoms with van der Waals surface area (Å²) in [6.07, 6.45) is 0. The van der Waals surface area contributed by atoms with Crippen molar-refractivity contribution in [2.75, 3.05) is 19.6 Å². The summed E-state index contributed by atoms with van der Waals surface area (Å²) in [5.74, 6) is -0.751. The van der Waals surface area contributed by atoms with Crippen LogP contribution in [0.25, 0.3) is 0 Å². The van der Waals surface area contributed by atoms with Crippen LogP contribution in [0, 0.1) is 0 Å². The molecule has 2 N–H and O–H groups in total. The van der Waals surface area contributed by atoms with Crippen molar-refractivity contribution in [3.63, 3.8) is 0 Å². The normalized spacial score (nSPS) is 14.6. The van der Waals surface area contributed by atoms with Crippen molar-refractivity contribution in [2.24, 2.45) is 0 Å². The fourth-order valence-corrected chi connectivity index (χ4v) is 1.61. The zero-order valence-electron chi connectivity index (χ0n) is 8.19. The Morgan fingerprint density at radius 3 is 2.67 bits per heavy atom. The van der Waals surface area contributed by atoms with Gasteiger partial charge in [-0.15, -0.1) is 0 Å². The Balaban J connectivity index is 2.51. The molecule has 0 spiro atoms. The molecule has 1 aliphatic rings. The molecule has 0 unspecified atom stereocenters. The number of nitrogens with zero attached hydrogens (tertiary/aromatic N) is 1. The maximum absolute atomic E-state index is 11.8. The molecule has 1 aliphatic heterocycles. The molecule has 0 saturated carbocycles. The number of fused-ring (bicyclic) bond motifs is 1. The van der Waals surface area contributed by atoms with E-state index in [1.165, 1.54) is 7.11 Å². The zero-order valence-corrected chi connectivity index (χ0v) is 8.19. The highest BCUT2D eigenvalue weighted by molar-refractivity contribution is 6.23. The van der Waals surface area contributed by atoms with Gasteiger partial charge in [0.15, 0.2) is 0 Å². The summed E-state index contributed by atoms with van der Waals surface area (Å²) in [5.41, 5.74) is 6.59. The maximum Gasteiger partial charge on any atom is 0.265 e. The van der Waals surface area contributed by atoms with Crippen molar-refractivity contribution >= 4 is 17.5 Å². The van der Waals surface area contributed by atoms with Gasteiger partial charge in [-0.2, -0.15) is 0 Å². The Bertz CT molecular complexity index is 442. The van der Waals surface area contributed by atoms with Crippen molar-refractivity contribution in [1.82, 2.24) is 4.90 Å². The molecule has 15 heavy (non-hydrogen) atoms. The number of hydrogen-bond acceptors (Lipinski definition) is 4. The van der Waals surface area contributed by atoms with Crippen LogP contribution in [0.4, 0.5) is 5.69 Å². The van der Waals surface area contributed by atoms with Crippen LogP contribution in [0.3, 0.4) is 0 Å². The van der Waals surface area contributed by atoms with Crippen LogP contribution in [0.2, 0.25) is 0 Å². The summed E-state index contributed by atoms with van der Waals surface area (Å²) in [5, 5.41) is 0. The molecule has 5 nitrogen and oxygen atoms in total. The number of ether oxygens (including phenoxy) is 1. The second-order valence-corrected chi connectivity index (χ2v) is 3.23. The molecular weight excluding hydrogens is 196 g/mol. The van der Waals surface area contributed by atoms with E-state index < -0.39 is 5.91 Å². The molecule has 2 amide bonds. The van der Waals surface area contributed by atoms with Gasteiger partial charge in [-0.25, -0.2) is 4.90 Å². The molecule has 0 radical (unpaired) electrons. The van der Waals surface area contributed by atoms with Gasteiger partial charge in [0.25, 0.3) is 11.8 Å². The van der Waals surface area contributed by atoms with E-state index in [0.29, 0.717) is 11.3 Å². The second kappa shape index (κ2) is 3.36. The molecule has 0 fully saturated rings. The van der Waals surface area contributed by atoms with Crippen LogP contribution in [0.5, 0.6) is 0 Å². The summed E-state index contributed by atoms with van der Waals surface area (Å²) in [7, 11) is 1.42. The minimum atomic E-state index is -0.394. The highest BCUT2D eigenvalue weighted by Crippen LogP contribution is 2.27. The molecule has 0 aromatic heterocycles. The van der Waals surface area contributed by atoms with Gasteiger partial charge in [0, 0.05) is 12.8 Å². The van der Waals surface area contributed by atoms with Gasteiger partial charge in [0.1, 0.15) is 6.73 Å². The standard InChI is InChI=1S/C10H10N2O3/c1-15-5-12-9(13)6-3-2-4-7(11)8(6)10(12)14/h2-4H,5,11H2,1H3. The lowest BCUT2D eigenvalue weighted by molar-refractivity contribution is 0.0390. The first-order chi connectivity index (χ1) is 7.16. The number of carbonyl (C=O) groups is 2. The van der Waals surface area contributed by atoms with E-state index in [4.69, 9.17) is 10.5 Å². The summed E-state index contributed by atoms with van der Waals surface area (Å²) in [6, 6.07) is 4.83. The fourth-order valence-electron chi connectivity index (χ4n) is 1.61. The van der Waals surface area contributed by atoms with Crippen molar-refractivity contribution in [3.8, 4) is 0 Å². The lowest BCUT2D eigenvalue weighted by Crippen LogP contribution is -2.31. The summed E-state index contributed by atoms with van der Waals surface area (Å²) < 4.78 is 4.78. The molecule has 78 valence electrons. The van der Waals surface area contributed by atoms with E-state index in [2.05, 4.69) is 0 Å². The van der Waals surface area contributed by atoms with Gasteiger partial charge >= 0.3 is 0 Å². The first kappa shape index (κ1) is 9.67. The van der Waals surface area contributed by atoms with Gasteiger partial charge in [0.2, 0.25) is 0 Å². The molecule has 2 rings (SSSR count). The van der Waals surface area contributed by atoms with Crippen LogP contribution < -0.4 is 5.73 Å². The lowest BCUT2D eigenvalue weighted by Gasteiger charge is -2.11. The number of benzene rings is 1. The predicted molar refractivity (Wildman–Crippen MR) is 53.2 cm³/mol. The molecule has 0 bridgehead atoms. The Morgan fingerprint density at radius 2 is 2.07 bits per heavy atom. The third-order valence-electron chi connectivity index (χ3n) is 2.29. The number of nitrogen functional groups attached to an aromatic ring is 1. The van der Waals surface area contributed by atoms with E-state index >= 15 is 0 Å². The number of rotatable bonds is 2. The van der Waals surface area contributed by atoms with E-state index in [1.807, 2.05) is 0 Å². The summed E-state index contributed by atoms with van der Waals surface area (Å²) >= 11 is 0. The Morgan fingerprint density at radius 1 is 1.33 bits per heavy atom. The van der Waals surface area contributed by atoms with Gasteiger partial charge < -0.3 is 10.5 Å². The highest BCUT2D eigenvalue weighted by atomic mass is 16.5. The van der Waals surface area contributed by atoms with Crippen LogP contribution in [0.1, 0.15) is 20.7 Å². The molecule has 1 aromatic carbocycles. The van der Waals surface area contributed by atoms with Gasteiger partial charge in [-0.1, -0.05) is 6.07 Å². The summed E-state index contributed by atoms with van der Waals surface area (Å²) in [4.78, 5) is 24.5. The quantitative estimate of drug-likeness (QED) is 0.564. The van der Waals surface area contributed by atoms with Crippen molar-refractivity contribution < 1.29 is 14.3 Å². The molecule has 0 atom stereocenters. The molecule has 0 saturated heterocycles. The summed E-state index contributed by atoms with van der Waals surface area (Å²) in [6.45, 7) is -0.0498. The maximum atomic E-state index is 11.8. The van der Waals surface area contributed by atoms with E-state index in [1.54, 1.807) is 18.2 Å². The Labute approximate surface area is 86.4 Å². The average molecular weight is 206 g/mol. The lowest BCUT2D eigenvalue weighted by atomic mass is 10.1. The number of carbonyl (C=O) groups excluding carboxylic acids is 2. The SMILES string of the molecule is COCN1C(=O)c2cccc(N)c2C1=O. The third-order valence-corrected chi connectivity index (χ3v) is 2.29. The Hall–Kier alpha value is -1.88. The second-order valence-electron chi connectivity index (χ2n) is 3.23. The Kier molecular flexibility index (Phi) is 2.17. The molecular formula is C10H10N2O3. The van der Waals surface area contributed by atoms with Crippen molar-refractivity contribution in [3.05, 3.63) is 29.3 Å². The molecule has 5 heteroatoms. The van der Waals surface area contributed by atoms with E-state index in [0.717, 1.165) is 4.90 Å². The van der Waals surface area contributed by atoms with Gasteiger partial charge in [-0.05, 0) is 12.1 Å². The average Bonchev–Trinajstić information content (AvgIpc) is 2.45. The van der Waals surface area contributed by atoms with Gasteiger partial charge in [-0.3, -0.25) is 9.59 Å². The first-order valence-electron chi connectivity index (χ1n) is 4.40. The van der Waals surface area contributed by atoms with Crippen molar-refractivity contribution in [1.29, 1.82) is 0 Å². The van der Waals surface area contributed by atoms with Crippen LogP contribution in [-0.2, 0) is 4.74 Å². The number of imide groups is 1. The largest absolute Gasteiger partial charge is 0.398 e. The molecule has 0 aliphatic carbocycles. The highest BCUT2D eigenvalue weighted by Gasteiger charge is 2.36. The fraction of sp³-hybridized carbons (Fsp3) is 0.200. The number of nitrogens with two attached hydrogens (primary N) is 1. The monoisotopic (exact) mass is 206 g/mol. The number of methoxy groups -OCH3 is 1. The first-order valence-corrected chi connectivity index (χ1v) is 4.40. The smallest absolute Gasteiger partial charge is 0.265 e. The number of hydrogen-bond donors (Lipinski definition) is 1. The molecule has 1 aromatic rings. The number of amides is 2. The minimum Gasteiger partial charge on any atom is -0.398 e. The van der Waals surface area contributed by atoms with Crippen molar-refractivity contribution in [2.45, 2.75) is 0 Å². The predicted octanol–water partition coefficient (Wildman–Crippen LogP) is 0.469. The third kappa shape index (κ3) is 1.28. The molecule has 1 heterocycles. The van der Waals surface area contributed by atoms with Crippen LogP contribution in [0.15, 0.2) is 18.2 Å².